The fraction of sp³-hybridized carbons (Fsp3) is 0.250. The lowest BCUT2D eigenvalue weighted by atomic mass is 10.1. The smallest absolute Gasteiger partial charge is 0.271 e. The summed E-state index contributed by atoms with van der Waals surface area (Å²) in [5, 5.41) is 17.8. The number of nitro groups is 1. The molecule has 0 aliphatic carbocycles. The predicted octanol–water partition coefficient (Wildman–Crippen LogP) is 3.73. The predicted molar refractivity (Wildman–Crippen MR) is 113 cm³/mol. The average molecular weight is 444 g/mol. The molecule has 0 saturated carbocycles. The second-order valence-electron chi connectivity index (χ2n) is 7.31. The lowest BCUT2D eigenvalue weighted by Gasteiger charge is -2.12. The van der Waals surface area contributed by atoms with Crippen molar-refractivity contribution in [2.45, 2.75) is 31.6 Å². The number of nitrogens with one attached hydrogen (secondary N) is 1. The van der Waals surface area contributed by atoms with E-state index >= 15 is 0 Å². The number of aromatic nitrogens is 2. The minimum absolute atomic E-state index is 0.0413. The first kappa shape index (κ1) is 22.1. The molecule has 0 spiro atoms. The highest BCUT2D eigenvalue weighted by atomic mass is 32.2. The number of carbonyl (C=O) groups excluding carboxylic acids is 1. The molecule has 31 heavy (non-hydrogen) atoms. The van der Waals surface area contributed by atoms with Crippen LogP contribution >= 0.6 is 0 Å². The molecular weight excluding hydrogens is 424 g/mol. The summed E-state index contributed by atoms with van der Waals surface area (Å²) in [6.07, 6.45) is 0.912. The zero-order valence-corrected chi connectivity index (χ0v) is 18.1. The van der Waals surface area contributed by atoms with Gasteiger partial charge in [-0.25, -0.2) is 8.42 Å². The van der Waals surface area contributed by atoms with Gasteiger partial charge in [0.15, 0.2) is 15.7 Å². The lowest BCUT2D eigenvalue weighted by molar-refractivity contribution is -0.385. The quantitative estimate of drug-likeness (QED) is 0.447. The van der Waals surface area contributed by atoms with Crippen molar-refractivity contribution in [1.29, 1.82) is 0 Å². The number of hydrogen-bond donors (Lipinski definition) is 1. The molecule has 11 heteroatoms. The van der Waals surface area contributed by atoms with Crippen LogP contribution in [-0.2, 0) is 9.84 Å². The van der Waals surface area contributed by atoms with Gasteiger partial charge in [-0.3, -0.25) is 14.9 Å². The van der Waals surface area contributed by atoms with Crippen molar-refractivity contribution in [3.63, 3.8) is 0 Å². The SMILES string of the molecule is Cc1cccc(-c2nc(C(C)C)no2)c1NC(=O)c1cc([N+](=O)[O-])cc(S(C)(=O)=O)c1. The third-order valence-corrected chi connectivity index (χ3v) is 5.58. The molecule has 3 rings (SSSR count). The molecule has 3 aromatic rings. The molecule has 0 atom stereocenters. The summed E-state index contributed by atoms with van der Waals surface area (Å²) in [4.78, 5) is 27.4. The van der Waals surface area contributed by atoms with E-state index in [0.717, 1.165) is 24.5 Å². The minimum atomic E-state index is -3.77. The largest absolute Gasteiger partial charge is 0.334 e. The zero-order valence-electron chi connectivity index (χ0n) is 17.2. The molecule has 10 nitrogen and oxygen atoms in total. The van der Waals surface area contributed by atoms with Gasteiger partial charge in [0, 0.05) is 29.9 Å². The molecule has 1 heterocycles. The molecule has 0 aliphatic heterocycles. The first-order valence-corrected chi connectivity index (χ1v) is 11.1. The number of amides is 1. The Morgan fingerprint density at radius 1 is 1.23 bits per heavy atom. The van der Waals surface area contributed by atoms with E-state index in [1.807, 2.05) is 13.8 Å². The van der Waals surface area contributed by atoms with Gasteiger partial charge < -0.3 is 9.84 Å². The summed E-state index contributed by atoms with van der Waals surface area (Å²) >= 11 is 0. The number of aryl methyl sites for hydroxylation is 1. The van der Waals surface area contributed by atoms with E-state index in [0.29, 0.717) is 22.6 Å². The van der Waals surface area contributed by atoms with Gasteiger partial charge in [0.25, 0.3) is 17.5 Å². The third kappa shape index (κ3) is 4.77. The summed E-state index contributed by atoms with van der Waals surface area (Å²) in [6, 6.07) is 8.24. The maximum Gasteiger partial charge on any atom is 0.271 e. The van der Waals surface area contributed by atoms with E-state index in [2.05, 4.69) is 15.5 Å². The Morgan fingerprint density at radius 3 is 2.52 bits per heavy atom. The van der Waals surface area contributed by atoms with E-state index in [-0.39, 0.29) is 22.3 Å². The number of nitro benzene ring substituents is 1. The molecule has 1 amide bonds. The number of hydrogen-bond acceptors (Lipinski definition) is 8. The summed E-state index contributed by atoms with van der Waals surface area (Å²) in [6.45, 7) is 5.58. The maximum absolute atomic E-state index is 12.9. The van der Waals surface area contributed by atoms with E-state index in [4.69, 9.17) is 4.52 Å². The van der Waals surface area contributed by atoms with Crippen LogP contribution in [-0.4, -0.2) is 35.6 Å². The third-order valence-electron chi connectivity index (χ3n) is 4.49. The van der Waals surface area contributed by atoms with E-state index in [9.17, 15) is 23.3 Å². The fourth-order valence-corrected chi connectivity index (χ4v) is 3.49. The second kappa shape index (κ2) is 8.26. The van der Waals surface area contributed by atoms with Crippen LogP contribution in [0.4, 0.5) is 11.4 Å². The van der Waals surface area contributed by atoms with Crippen LogP contribution in [0.2, 0.25) is 0 Å². The molecule has 0 aliphatic rings. The molecular formula is C20H20N4O6S. The van der Waals surface area contributed by atoms with Crippen LogP contribution in [0.15, 0.2) is 45.8 Å². The van der Waals surface area contributed by atoms with Crippen molar-refractivity contribution in [3.8, 4) is 11.5 Å². The van der Waals surface area contributed by atoms with E-state index in [1.54, 1.807) is 25.1 Å². The van der Waals surface area contributed by atoms with E-state index < -0.39 is 26.4 Å². The van der Waals surface area contributed by atoms with Gasteiger partial charge in [0.05, 0.1) is 21.1 Å². The Kier molecular flexibility index (Phi) is 5.89. The second-order valence-corrected chi connectivity index (χ2v) is 9.32. The molecule has 0 bridgehead atoms. The average Bonchev–Trinajstić information content (AvgIpc) is 3.18. The highest BCUT2D eigenvalue weighted by Crippen LogP contribution is 2.31. The number of nitrogens with zero attached hydrogens (tertiary/aromatic N) is 3. The fourth-order valence-electron chi connectivity index (χ4n) is 2.81. The summed E-state index contributed by atoms with van der Waals surface area (Å²) in [5.74, 6) is 0.0382. The number of non-ortho nitro benzene ring substituents is 1. The first-order chi connectivity index (χ1) is 14.5. The highest BCUT2D eigenvalue weighted by Gasteiger charge is 2.22. The Balaban J connectivity index is 2.05. The number of anilines is 1. The van der Waals surface area contributed by atoms with Crippen LogP contribution in [0.5, 0.6) is 0 Å². The molecule has 2 aromatic carbocycles. The highest BCUT2D eigenvalue weighted by molar-refractivity contribution is 7.90. The van der Waals surface area contributed by atoms with Crippen molar-refractivity contribution in [2.24, 2.45) is 0 Å². The van der Waals surface area contributed by atoms with E-state index in [1.165, 1.54) is 0 Å². The number of carbonyl (C=O) groups is 1. The Hall–Kier alpha value is -3.60. The van der Waals surface area contributed by atoms with Gasteiger partial charge in [-0.15, -0.1) is 0 Å². The Bertz CT molecular complexity index is 1280. The first-order valence-electron chi connectivity index (χ1n) is 9.22. The van der Waals surface area contributed by atoms with Crippen molar-refractivity contribution >= 4 is 27.1 Å². The summed E-state index contributed by atoms with van der Waals surface area (Å²) in [7, 11) is -3.77. The topological polar surface area (TPSA) is 145 Å². The van der Waals surface area contributed by atoms with Crippen molar-refractivity contribution in [3.05, 3.63) is 63.5 Å². The molecule has 0 unspecified atom stereocenters. The van der Waals surface area contributed by atoms with Crippen LogP contribution in [0.1, 0.15) is 41.5 Å². The van der Waals surface area contributed by atoms with Crippen LogP contribution < -0.4 is 5.32 Å². The zero-order chi connectivity index (χ0) is 22.9. The van der Waals surface area contributed by atoms with Gasteiger partial charge in [-0.2, -0.15) is 4.98 Å². The molecule has 0 fully saturated rings. The standard InChI is InChI=1S/C20H20N4O6S/c1-11(2)18-22-20(30-23-18)16-7-5-6-12(3)17(16)21-19(25)13-8-14(24(26)27)10-15(9-13)31(4,28)29/h5-11H,1-4H3,(H,21,25). The van der Waals surface area contributed by atoms with Crippen LogP contribution in [0.3, 0.4) is 0 Å². The normalized spacial score (nSPS) is 11.5. The van der Waals surface area contributed by atoms with Crippen LogP contribution in [0.25, 0.3) is 11.5 Å². The van der Waals surface area contributed by atoms with Crippen molar-refractivity contribution < 1.29 is 22.7 Å². The molecule has 0 saturated heterocycles. The monoisotopic (exact) mass is 444 g/mol. The number of rotatable bonds is 6. The Morgan fingerprint density at radius 2 is 1.94 bits per heavy atom. The number of para-hydroxylation sites is 1. The molecule has 1 N–H and O–H groups in total. The number of sulfone groups is 1. The van der Waals surface area contributed by atoms with Gasteiger partial charge in [0.2, 0.25) is 0 Å². The van der Waals surface area contributed by atoms with Gasteiger partial charge in [-0.1, -0.05) is 31.1 Å². The van der Waals surface area contributed by atoms with Gasteiger partial charge in [0.1, 0.15) is 0 Å². The van der Waals surface area contributed by atoms with Gasteiger partial charge >= 0.3 is 0 Å². The summed E-state index contributed by atoms with van der Waals surface area (Å²) < 4.78 is 29.1. The Labute approximate surface area is 178 Å². The van der Waals surface area contributed by atoms with Crippen molar-refractivity contribution in [2.75, 3.05) is 11.6 Å². The van der Waals surface area contributed by atoms with Crippen LogP contribution in [0, 0.1) is 17.0 Å². The van der Waals surface area contributed by atoms with Crippen molar-refractivity contribution in [1.82, 2.24) is 10.1 Å². The summed E-state index contributed by atoms with van der Waals surface area (Å²) in [5.41, 5.74) is 0.859. The molecule has 162 valence electrons. The van der Waals surface area contributed by atoms with Gasteiger partial charge in [-0.05, 0) is 24.6 Å². The maximum atomic E-state index is 12.9. The lowest BCUT2D eigenvalue weighted by Crippen LogP contribution is -2.15. The molecule has 0 radical (unpaired) electrons. The number of benzene rings is 2. The molecule has 1 aromatic heterocycles. The minimum Gasteiger partial charge on any atom is -0.334 e.